The molecule has 0 bridgehead atoms. The topological polar surface area (TPSA) is 89.8 Å². The highest BCUT2D eigenvalue weighted by Gasteiger charge is 2.31. The first-order valence-electron chi connectivity index (χ1n) is 4.93. The average Bonchev–Trinajstić information content (AvgIpc) is 2.51. The van der Waals surface area contributed by atoms with E-state index in [-0.39, 0.29) is 12.0 Å². The monoisotopic (exact) mass is 201 g/mol. The molecule has 0 amide bonds. The molecule has 1 aliphatic heterocycles. The number of nitrogens with one attached hydrogen (secondary N) is 1. The van der Waals surface area contributed by atoms with Gasteiger partial charge in [-0.2, -0.15) is 0 Å². The van der Waals surface area contributed by atoms with E-state index in [4.69, 9.17) is 15.2 Å². The van der Waals surface area contributed by atoms with E-state index in [2.05, 4.69) is 5.32 Å². The molecule has 5 nitrogen and oxygen atoms in total. The van der Waals surface area contributed by atoms with Gasteiger partial charge in [-0.25, -0.2) is 0 Å². The van der Waals surface area contributed by atoms with Gasteiger partial charge in [0.15, 0.2) is 0 Å². The van der Waals surface area contributed by atoms with E-state index < -0.39 is 13.1 Å². The summed E-state index contributed by atoms with van der Waals surface area (Å²) in [5.41, 5.74) is 0. The summed E-state index contributed by atoms with van der Waals surface area (Å²) < 4.78 is 0. The van der Waals surface area contributed by atoms with Gasteiger partial charge in [-0.05, 0) is 25.7 Å². The molecule has 0 unspecified atom stereocenters. The molecule has 80 valence electrons. The van der Waals surface area contributed by atoms with Crippen LogP contribution >= 0.6 is 0 Å². The minimum absolute atomic E-state index is 0.00810. The van der Waals surface area contributed by atoms with E-state index in [0.717, 1.165) is 6.54 Å². The Labute approximate surface area is 83.3 Å². The Morgan fingerprint density at radius 2 is 2.21 bits per heavy atom. The molecule has 2 atom stereocenters. The molecule has 0 aromatic heterocycles. The Balaban J connectivity index is 2.26. The highest BCUT2D eigenvalue weighted by molar-refractivity contribution is 6.40. The van der Waals surface area contributed by atoms with Gasteiger partial charge in [0.1, 0.15) is 0 Å². The van der Waals surface area contributed by atoms with E-state index in [1.165, 1.54) is 0 Å². The number of carboxylic acids is 1. The zero-order valence-corrected chi connectivity index (χ0v) is 8.02. The van der Waals surface area contributed by atoms with Crippen LogP contribution in [0.25, 0.3) is 0 Å². The summed E-state index contributed by atoms with van der Waals surface area (Å²) in [5, 5.41) is 29.2. The summed E-state index contributed by atoms with van der Waals surface area (Å²) in [6.45, 7) is 0.739. The predicted molar refractivity (Wildman–Crippen MR) is 51.8 cm³/mol. The molecule has 1 rings (SSSR count). The zero-order valence-electron chi connectivity index (χ0n) is 8.02. The number of hydrogen-bond donors (Lipinski definition) is 4. The van der Waals surface area contributed by atoms with Gasteiger partial charge in [-0.3, -0.25) is 4.79 Å². The molecule has 4 N–H and O–H groups in total. The van der Waals surface area contributed by atoms with Gasteiger partial charge < -0.3 is 20.5 Å². The third kappa shape index (κ3) is 3.28. The van der Waals surface area contributed by atoms with E-state index in [9.17, 15) is 4.79 Å². The summed E-state index contributed by atoms with van der Waals surface area (Å²) in [6, 6.07) is -0.00810. The fourth-order valence-corrected chi connectivity index (χ4v) is 1.89. The van der Waals surface area contributed by atoms with Gasteiger partial charge >= 0.3 is 13.1 Å². The smallest absolute Gasteiger partial charge is 0.451 e. The number of carboxylic acid groups (broad SMARTS) is 1. The van der Waals surface area contributed by atoms with Crippen molar-refractivity contribution in [1.82, 2.24) is 5.32 Å². The summed E-state index contributed by atoms with van der Waals surface area (Å²) in [5.74, 6) is -1.07. The van der Waals surface area contributed by atoms with Crippen molar-refractivity contribution in [1.29, 1.82) is 0 Å². The van der Waals surface area contributed by atoms with Crippen molar-refractivity contribution in [2.75, 3.05) is 6.54 Å². The van der Waals surface area contributed by atoms with Crippen LogP contribution in [0, 0.1) is 5.92 Å². The van der Waals surface area contributed by atoms with Crippen LogP contribution in [0.4, 0.5) is 0 Å². The lowest BCUT2D eigenvalue weighted by atomic mass is 9.82. The minimum atomic E-state index is -1.28. The summed E-state index contributed by atoms with van der Waals surface area (Å²) >= 11 is 0. The maximum Gasteiger partial charge on any atom is 0.451 e. The van der Waals surface area contributed by atoms with E-state index in [0.29, 0.717) is 25.6 Å². The highest BCUT2D eigenvalue weighted by atomic mass is 16.4. The number of hydrogen-bond acceptors (Lipinski definition) is 4. The van der Waals surface area contributed by atoms with Gasteiger partial charge in [0.2, 0.25) is 0 Å². The van der Waals surface area contributed by atoms with Crippen molar-refractivity contribution in [3.05, 3.63) is 0 Å². The van der Waals surface area contributed by atoms with Crippen molar-refractivity contribution in [3.8, 4) is 0 Å². The quantitative estimate of drug-likeness (QED) is 0.441. The second-order valence-corrected chi connectivity index (χ2v) is 3.71. The fourth-order valence-electron chi connectivity index (χ4n) is 1.89. The molecule has 1 fully saturated rings. The van der Waals surface area contributed by atoms with Gasteiger partial charge in [-0.1, -0.05) is 6.42 Å². The zero-order chi connectivity index (χ0) is 10.6. The van der Waals surface area contributed by atoms with E-state index >= 15 is 0 Å². The van der Waals surface area contributed by atoms with Crippen LogP contribution < -0.4 is 5.32 Å². The van der Waals surface area contributed by atoms with Gasteiger partial charge in [0, 0.05) is 6.04 Å². The van der Waals surface area contributed by atoms with Crippen LogP contribution in [0.15, 0.2) is 0 Å². The molecule has 0 aromatic rings. The summed E-state index contributed by atoms with van der Waals surface area (Å²) in [7, 11) is -1.28. The van der Waals surface area contributed by atoms with Crippen LogP contribution in [-0.2, 0) is 4.79 Å². The number of aliphatic carboxylic acids is 1. The predicted octanol–water partition coefficient (Wildman–Crippen LogP) is -0.698. The Hall–Kier alpha value is -0.585. The Kier molecular flexibility index (Phi) is 4.38. The highest BCUT2D eigenvalue weighted by Crippen LogP contribution is 2.20. The molecular formula is C8H16BNO4. The van der Waals surface area contributed by atoms with Crippen LogP contribution in [0.3, 0.4) is 0 Å². The lowest BCUT2D eigenvalue weighted by Crippen LogP contribution is -2.31. The lowest BCUT2D eigenvalue weighted by Gasteiger charge is -2.15. The average molecular weight is 201 g/mol. The number of rotatable bonds is 5. The van der Waals surface area contributed by atoms with Crippen molar-refractivity contribution in [2.45, 2.75) is 31.6 Å². The summed E-state index contributed by atoms with van der Waals surface area (Å²) in [4.78, 5) is 10.8. The van der Waals surface area contributed by atoms with Crippen molar-refractivity contribution >= 4 is 13.1 Å². The van der Waals surface area contributed by atoms with E-state index in [1.54, 1.807) is 0 Å². The molecule has 0 aromatic carbocycles. The standard InChI is InChI=1S/C8H16BNO4/c11-8(12)6-3-5-10-7(6)2-1-4-9(13)14/h6-7,10,13-14H,1-5H2,(H,11,12)/t6-,7-/m1/s1. The summed E-state index contributed by atoms with van der Waals surface area (Å²) in [6.07, 6.45) is 2.31. The Morgan fingerprint density at radius 1 is 1.50 bits per heavy atom. The SMILES string of the molecule is O=C(O)[C@@H]1CCN[C@@H]1CCCB(O)O. The van der Waals surface area contributed by atoms with Gasteiger partial charge in [0.05, 0.1) is 5.92 Å². The maximum absolute atomic E-state index is 10.8. The Morgan fingerprint density at radius 3 is 2.79 bits per heavy atom. The van der Waals surface area contributed by atoms with Gasteiger partial charge in [0.25, 0.3) is 0 Å². The molecule has 6 heteroatoms. The van der Waals surface area contributed by atoms with E-state index in [1.807, 2.05) is 0 Å². The molecule has 0 aliphatic carbocycles. The molecule has 1 saturated heterocycles. The first-order chi connectivity index (χ1) is 6.61. The molecule has 0 spiro atoms. The van der Waals surface area contributed by atoms with Crippen molar-refractivity contribution in [3.63, 3.8) is 0 Å². The first kappa shape index (κ1) is 11.5. The van der Waals surface area contributed by atoms with Crippen LogP contribution in [0.5, 0.6) is 0 Å². The number of carbonyl (C=O) groups is 1. The second-order valence-electron chi connectivity index (χ2n) is 3.71. The van der Waals surface area contributed by atoms with Crippen LogP contribution in [0.1, 0.15) is 19.3 Å². The molecule has 1 heterocycles. The molecule has 0 saturated carbocycles. The van der Waals surface area contributed by atoms with Crippen LogP contribution in [0.2, 0.25) is 6.32 Å². The molecule has 14 heavy (non-hydrogen) atoms. The second kappa shape index (κ2) is 5.33. The largest absolute Gasteiger partial charge is 0.481 e. The Bertz CT molecular complexity index is 200. The van der Waals surface area contributed by atoms with Crippen molar-refractivity contribution < 1.29 is 19.9 Å². The third-order valence-electron chi connectivity index (χ3n) is 2.64. The minimum Gasteiger partial charge on any atom is -0.481 e. The molecular weight excluding hydrogens is 185 g/mol. The van der Waals surface area contributed by atoms with Crippen molar-refractivity contribution in [2.24, 2.45) is 5.92 Å². The lowest BCUT2D eigenvalue weighted by molar-refractivity contribution is -0.142. The first-order valence-corrected chi connectivity index (χ1v) is 4.93. The molecule has 1 aliphatic rings. The third-order valence-corrected chi connectivity index (χ3v) is 2.64. The maximum atomic E-state index is 10.8. The van der Waals surface area contributed by atoms with Crippen LogP contribution in [-0.4, -0.2) is 40.8 Å². The molecule has 0 radical (unpaired) electrons. The fraction of sp³-hybridized carbons (Fsp3) is 0.875. The normalized spacial score (nSPS) is 26.4. The van der Waals surface area contributed by atoms with Gasteiger partial charge in [-0.15, -0.1) is 0 Å².